The van der Waals surface area contributed by atoms with Crippen LogP contribution in [0.4, 0.5) is 0 Å². The van der Waals surface area contributed by atoms with E-state index >= 15 is 0 Å². The Balaban J connectivity index is 2.21. The molecule has 0 aromatic carbocycles. The fraction of sp³-hybridized carbons (Fsp3) is 0.875. The Bertz CT molecular complexity index is 129. The van der Waals surface area contributed by atoms with Crippen LogP contribution in [0.5, 0.6) is 0 Å². The van der Waals surface area contributed by atoms with Crippen molar-refractivity contribution in [2.45, 2.75) is 38.6 Å². The van der Waals surface area contributed by atoms with Crippen LogP contribution in [0, 0.1) is 5.41 Å². The van der Waals surface area contributed by atoms with Crippen molar-refractivity contribution in [3.05, 3.63) is 0 Å². The highest BCUT2D eigenvalue weighted by molar-refractivity contribution is 5.49. The number of hydrogen-bond donors (Lipinski definition) is 1. The Kier molecular flexibility index (Phi) is 2.09. The van der Waals surface area contributed by atoms with Gasteiger partial charge in [-0.1, -0.05) is 6.92 Å². The molecule has 58 valence electrons. The van der Waals surface area contributed by atoms with Crippen LogP contribution in [-0.4, -0.2) is 12.3 Å². The van der Waals surface area contributed by atoms with Crippen molar-refractivity contribution in [2.75, 3.05) is 0 Å². The van der Waals surface area contributed by atoms with Crippen LogP contribution in [-0.2, 0) is 4.79 Å². The summed E-state index contributed by atoms with van der Waals surface area (Å²) in [7, 11) is 0. The van der Waals surface area contributed by atoms with Gasteiger partial charge in [-0.25, -0.2) is 0 Å². The molecular formula is C8H15NO. The van der Waals surface area contributed by atoms with Crippen molar-refractivity contribution in [2.24, 2.45) is 11.1 Å². The Labute approximate surface area is 61.8 Å². The maximum absolute atomic E-state index is 10.0. The SMILES string of the molecule is CC1(C(N)CCC=O)CC1. The minimum atomic E-state index is 0.248. The van der Waals surface area contributed by atoms with E-state index in [-0.39, 0.29) is 6.04 Å². The molecule has 0 aromatic heterocycles. The molecule has 10 heavy (non-hydrogen) atoms. The van der Waals surface area contributed by atoms with E-state index in [1.165, 1.54) is 12.8 Å². The Morgan fingerprint density at radius 3 is 2.70 bits per heavy atom. The van der Waals surface area contributed by atoms with Crippen molar-refractivity contribution < 1.29 is 4.79 Å². The van der Waals surface area contributed by atoms with Gasteiger partial charge in [0.15, 0.2) is 0 Å². The number of rotatable bonds is 4. The third-order valence-corrected chi connectivity index (χ3v) is 2.53. The highest BCUT2D eigenvalue weighted by Gasteiger charge is 2.42. The van der Waals surface area contributed by atoms with E-state index in [0.29, 0.717) is 11.8 Å². The van der Waals surface area contributed by atoms with Crippen LogP contribution in [0.2, 0.25) is 0 Å². The standard InChI is InChI=1S/C8H15NO/c1-8(4-5-8)7(9)3-2-6-10/h6-7H,2-5,9H2,1H3. The summed E-state index contributed by atoms with van der Waals surface area (Å²) in [5, 5.41) is 0. The zero-order valence-electron chi connectivity index (χ0n) is 6.47. The molecule has 0 amide bonds. The van der Waals surface area contributed by atoms with Crippen molar-refractivity contribution in [3.63, 3.8) is 0 Å². The van der Waals surface area contributed by atoms with E-state index < -0.39 is 0 Å². The van der Waals surface area contributed by atoms with Crippen LogP contribution >= 0.6 is 0 Å². The van der Waals surface area contributed by atoms with E-state index in [1.54, 1.807) is 0 Å². The summed E-state index contributed by atoms with van der Waals surface area (Å²) in [5.41, 5.74) is 6.22. The molecule has 2 heteroatoms. The molecular weight excluding hydrogens is 126 g/mol. The van der Waals surface area contributed by atoms with E-state index in [0.717, 1.165) is 12.7 Å². The van der Waals surface area contributed by atoms with Gasteiger partial charge in [-0.15, -0.1) is 0 Å². The second-order valence-electron chi connectivity index (χ2n) is 3.50. The second-order valence-corrected chi connectivity index (χ2v) is 3.50. The molecule has 0 saturated heterocycles. The van der Waals surface area contributed by atoms with Gasteiger partial charge < -0.3 is 10.5 Å². The molecule has 1 aliphatic carbocycles. The molecule has 0 aromatic rings. The van der Waals surface area contributed by atoms with E-state index in [9.17, 15) is 4.79 Å². The molecule has 2 N–H and O–H groups in total. The van der Waals surface area contributed by atoms with E-state index in [2.05, 4.69) is 6.92 Å². The smallest absolute Gasteiger partial charge is 0.120 e. The van der Waals surface area contributed by atoms with Gasteiger partial charge in [0.25, 0.3) is 0 Å². The summed E-state index contributed by atoms with van der Waals surface area (Å²) in [5.74, 6) is 0. The van der Waals surface area contributed by atoms with Crippen molar-refractivity contribution in [1.29, 1.82) is 0 Å². The molecule has 1 saturated carbocycles. The summed E-state index contributed by atoms with van der Waals surface area (Å²) >= 11 is 0. The summed E-state index contributed by atoms with van der Waals surface area (Å²) < 4.78 is 0. The van der Waals surface area contributed by atoms with Crippen LogP contribution in [0.1, 0.15) is 32.6 Å². The van der Waals surface area contributed by atoms with Crippen LogP contribution in [0.25, 0.3) is 0 Å². The Hall–Kier alpha value is -0.370. The number of carbonyl (C=O) groups excluding carboxylic acids is 1. The van der Waals surface area contributed by atoms with Crippen LogP contribution in [0.15, 0.2) is 0 Å². The minimum Gasteiger partial charge on any atom is -0.327 e. The zero-order valence-corrected chi connectivity index (χ0v) is 6.47. The van der Waals surface area contributed by atoms with E-state index in [4.69, 9.17) is 5.73 Å². The summed E-state index contributed by atoms with van der Waals surface area (Å²) in [6.07, 6.45) is 4.92. The molecule has 0 bridgehead atoms. The normalized spacial score (nSPS) is 23.8. The predicted molar refractivity (Wildman–Crippen MR) is 40.6 cm³/mol. The lowest BCUT2D eigenvalue weighted by molar-refractivity contribution is -0.108. The van der Waals surface area contributed by atoms with Gasteiger partial charge in [-0.05, 0) is 24.7 Å². The third kappa shape index (κ3) is 1.57. The van der Waals surface area contributed by atoms with Gasteiger partial charge in [-0.2, -0.15) is 0 Å². The molecule has 1 atom stereocenters. The van der Waals surface area contributed by atoms with Gasteiger partial charge in [0.05, 0.1) is 0 Å². The molecule has 0 spiro atoms. The van der Waals surface area contributed by atoms with Gasteiger partial charge in [-0.3, -0.25) is 0 Å². The van der Waals surface area contributed by atoms with Crippen molar-refractivity contribution in [3.8, 4) is 0 Å². The van der Waals surface area contributed by atoms with Crippen molar-refractivity contribution in [1.82, 2.24) is 0 Å². The number of hydrogen-bond acceptors (Lipinski definition) is 2. The number of nitrogens with two attached hydrogens (primary N) is 1. The first kappa shape index (κ1) is 7.73. The zero-order chi connectivity index (χ0) is 7.61. The monoisotopic (exact) mass is 141 g/mol. The van der Waals surface area contributed by atoms with E-state index in [1.807, 2.05) is 0 Å². The molecule has 1 aliphatic rings. The molecule has 2 nitrogen and oxygen atoms in total. The molecule has 1 rings (SSSR count). The first-order chi connectivity index (χ1) is 4.69. The second kappa shape index (κ2) is 2.70. The molecule has 1 fully saturated rings. The minimum absolute atomic E-state index is 0.248. The average molecular weight is 141 g/mol. The number of aldehydes is 1. The predicted octanol–water partition coefficient (Wildman–Crippen LogP) is 1.09. The van der Waals surface area contributed by atoms with Gasteiger partial charge >= 0.3 is 0 Å². The highest BCUT2D eigenvalue weighted by atomic mass is 16.1. The quantitative estimate of drug-likeness (QED) is 0.595. The van der Waals surface area contributed by atoms with Gasteiger partial charge in [0.2, 0.25) is 0 Å². The topological polar surface area (TPSA) is 43.1 Å². The number of carbonyl (C=O) groups is 1. The van der Waals surface area contributed by atoms with Crippen LogP contribution < -0.4 is 5.73 Å². The molecule has 1 unspecified atom stereocenters. The van der Waals surface area contributed by atoms with Crippen molar-refractivity contribution >= 4 is 6.29 Å². The lowest BCUT2D eigenvalue weighted by atomic mass is 9.96. The van der Waals surface area contributed by atoms with Gasteiger partial charge in [0.1, 0.15) is 6.29 Å². The fourth-order valence-corrected chi connectivity index (χ4v) is 1.16. The largest absolute Gasteiger partial charge is 0.327 e. The molecule has 0 radical (unpaired) electrons. The Morgan fingerprint density at radius 2 is 2.30 bits per heavy atom. The van der Waals surface area contributed by atoms with Crippen LogP contribution in [0.3, 0.4) is 0 Å². The average Bonchev–Trinajstić information content (AvgIpc) is 2.64. The first-order valence-electron chi connectivity index (χ1n) is 3.88. The highest BCUT2D eigenvalue weighted by Crippen LogP contribution is 2.48. The maximum Gasteiger partial charge on any atom is 0.120 e. The summed E-state index contributed by atoms with van der Waals surface area (Å²) in [6, 6.07) is 0.248. The molecule has 0 heterocycles. The lowest BCUT2D eigenvalue weighted by Gasteiger charge is -2.16. The van der Waals surface area contributed by atoms with Gasteiger partial charge in [0, 0.05) is 12.5 Å². The fourth-order valence-electron chi connectivity index (χ4n) is 1.16. The maximum atomic E-state index is 10.0. The Morgan fingerprint density at radius 1 is 1.70 bits per heavy atom. The first-order valence-corrected chi connectivity index (χ1v) is 3.88. The molecule has 0 aliphatic heterocycles. The summed E-state index contributed by atoms with van der Waals surface area (Å²) in [6.45, 7) is 2.20. The summed E-state index contributed by atoms with van der Waals surface area (Å²) in [4.78, 5) is 10.0. The third-order valence-electron chi connectivity index (χ3n) is 2.53. The lowest BCUT2D eigenvalue weighted by Crippen LogP contribution is -2.29.